The standard InChI is InChI=1S/C15H10N2/c1-2-6-13-11(5-1)9-12-10-17-8-4-3-7-14(17)15(12)16-13/h1-10H. The lowest BCUT2D eigenvalue weighted by molar-refractivity contribution is 1.21. The van der Waals surface area contributed by atoms with Gasteiger partial charge in [0.05, 0.1) is 16.6 Å². The van der Waals surface area contributed by atoms with E-state index in [0.717, 1.165) is 16.6 Å². The fourth-order valence-corrected chi connectivity index (χ4v) is 2.35. The van der Waals surface area contributed by atoms with E-state index in [1.807, 2.05) is 24.3 Å². The van der Waals surface area contributed by atoms with E-state index < -0.39 is 0 Å². The quantitative estimate of drug-likeness (QED) is 0.440. The van der Waals surface area contributed by atoms with E-state index in [4.69, 9.17) is 4.98 Å². The summed E-state index contributed by atoms with van der Waals surface area (Å²) in [5, 5.41) is 2.38. The first-order valence-electron chi connectivity index (χ1n) is 5.67. The Kier molecular flexibility index (Phi) is 1.59. The van der Waals surface area contributed by atoms with Gasteiger partial charge in [-0.15, -0.1) is 0 Å². The fraction of sp³-hybridized carbons (Fsp3) is 0. The van der Waals surface area contributed by atoms with Gasteiger partial charge in [0.1, 0.15) is 0 Å². The molecule has 0 aliphatic heterocycles. The molecule has 0 aliphatic carbocycles. The first-order chi connectivity index (χ1) is 8.42. The van der Waals surface area contributed by atoms with Crippen LogP contribution in [0.3, 0.4) is 0 Å². The molecule has 0 saturated heterocycles. The second-order valence-corrected chi connectivity index (χ2v) is 4.24. The number of fused-ring (bicyclic) bond motifs is 4. The maximum Gasteiger partial charge on any atom is 0.0964 e. The summed E-state index contributed by atoms with van der Waals surface area (Å²) in [4.78, 5) is 4.74. The summed E-state index contributed by atoms with van der Waals surface area (Å²) in [6.07, 6.45) is 4.19. The number of rotatable bonds is 0. The van der Waals surface area contributed by atoms with E-state index in [1.54, 1.807) is 0 Å². The van der Waals surface area contributed by atoms with E-state index in [9.17, 15) is 0 Å². The van der Waals surface area contributed by atoms with Crippen LogP contribution in [0.15, 0.2) is 60.9 Å². The highest BCUT2D eigenvalue weighted by Crippen LogP contribution is 2.24. The third kappa shape index (κ3) is 1.18. The highest BCUT2D eigenvalue weighted by Gasteiger charge is 2.05. The van der Waals surface area contributed by atoms with Gasteiger partial charge in [-0.05, 0) is 24.3 Å². The van der Waals surface area contributed by atoms with Crippen molar-refractivity contribution in [2.24, 2.45) is 0 Å². The molecule has 0 bridgehead atoms. The molecule has 2 heteroatoms. The van der Waals surface area contributed by atoms with Crippen molar-refractivity contribution in [3.63, 3.8) is 0 Å². The molecule has 17 heavy (non-hydrogen) atoms. The number of hydrogen-bond donors (Lipinski definition) is 0. The molecule has 0 unspecified atom stereocenters. The Morgan fingerprint density at radius 1 is 0.882 bits per heavy atom. The summed E-state index contributed by atoms with van der Waals surface area (Å²) in [6.45, 7) is 0. The van der Waals surface area contributed by atoms with E-state index in [0.29, 0.717) is 0 Å². The van der Waals surface area contributed by atoms with E-state index in [2.05, 4.69) is 41.1 Å². The predicted molar refractivity (Wildman–Crippen MR) is 70.2 cm³/mol. The molecule has 0 N–H and O–H groups in total. The van der Waals surface area contributed by atoms with E-state index in [-0.39, 0.29) is 0 Å². The Balaban J connectivity index is 2.28. The number of para-hydroxylation sites is 1. The summed E-state index contributed by atoms with van der Waals surface area (Å²) >= 11 is 0. The molecule has 3 heterocycles. The Hall–Kier alpha value is -2.35. The summed E-state index contributed by atoms with van der Waals surface area (Å²) in [5.74, 6) is 0. The molecule has 0 amide bonds. The van der Waals surface area contributed by atoms with Crippen LogP contribution < -0.4 is 0 Å². The minimum atomic E-state index is 1.05. The molecule has 4 aromatic rings. The topological polar surface area (TPSA) is 17.3 Å². The molecular formula is C15H10N2. The van der Waals surface area contributed by atoms with Crippen molar-refractivity contribution in [3.8, 4) is 0 Å². The Morgan fingerprint density at radius 2 is 1.76 bits per heavy atom. The van der Waals surface area contributed by atoms with Crippen molar-refractivity contribution in [1.82, 2.24) is 9.38 Å². The van der Waals surface area contributed by atoms with E-state index >= 15 is 0 Å². The van der Waals surface area contributed by atoms with Gasteiger partial charge in [-0.3, -0.25) is 0 Å². The smallest absolute Gasteiger partial charge is 0.0964 e. The minimum Gasteiger partial charge on any atom is -0.321 e. The zero-order chi connectivity index (χ0) is 11.2. The first-order valence-corrected chi connectivity index (χ1v) is 5.67. The molecule has 3 aromatic heterocycles. The SMILES string of the molecule is c1ccc2nc3c(cc2c1)cn1ccccc31. The molecule has 1 aromatic carbocycles. The summed E-state index contributed by atoms with van der Waals surface area (Å²) in [6, 6.07) is 16.6. The zero-order valence-corrected chi connectivity index (χ0v) is 9.17. The van der Waals surface area contributed by atoms with Crippen molar-refractivity contribution in [2.75, 3.05) is 0 Å². The normalized spacial score (nSPS) is 11.5. The number of benzene rings is 1. The Morgan fingerprint density at radius 3 is 2.76 bits per heavy atom. The van der Waals surface area contributed by atoms with Crippen LogP contribution in [0, 0.1) is 0 Å². The van der Waals surface area contributed by atoms with Gasteiger partial charge in [0.15, 0.2) is 0 Å². The molecule has 0 aliphatic rings. The van der Waals surface area contributed by atoms with Crippen molar-refractivity contribution < 1.29 is 0 Å². The molecule has 2 nitrogen and oxygen atoms in total. The number of hydrogen-bond acceptors (Lipinski definition) is 1. The second kappa shape index (κ2) is 3.08. The van der Waals surface area contributed by atoms with Crippen LogP contribution in [-0.2, 0) is 0 Å². The van der Waals surface area contributed by atoms with Gasteiger partial charge in [0.25, 0.3) is 0 Å². The van der Waals surface area contributed by atoms with Crippen LogP contribution in [0.1, 0.15) is 0 Å². The van der Waals surface area contributed by atoms with Crippen molar-refractivity contribution in [2.45, 2.75) is 0 Å². The van der Waals surface area contributed by atoms with Gasteiger partial charge in [0.2, 0.25) is 0 Å². The van der Waals surface area contributed by atoms with Crippen LogP contribution in [0.2, 0.25) is 0 Å². The Labute approximate surface area is 98.1 Å². The van der Waals surface area contributed by atoms with Crippen molar-refractivity contribution in [3.05, 3.63) is 60.9 Å². The lowest BCUT2D eigenvalue weighted by Crippen LogP contribution is -1.80. The minimum absolute atomic E-state index is 1.05. The molecule has 0 radical (unpaired) electrons. The van der Waals surface area contributed by atoms with Crippen molar-refractivity contribution in [1.29, 1.82) is 0 Å². The van der Waals surface area contributed by atoms with Gasteiger partial charge in [0, 0.05) is 23.2 Å². The predicted octanol–water partition coefficient (Wildman–Crippen LogP) is 3.64. The van der Waals surface area contributed by atoms with Gasteiger partial charge in [-0.2, -0.15) is 0 Å². The van der Waals surface area contributed by atoms with Crippen LogP contribution in [0.4, 0.5) is 0 Å². The average molecular weight is 218 g/mol. The molecule has 4 rings (SSSR count). The average Bonchev–Trinajstić information content (AvgIpc) is 2.73. The van der Waals surface area contributed by atoms with Crippen LogP contribution in [0.5, 0.6) is 0 Å². The van der Waals surface area contributed by atoms with Crippen LogP contribution in [0.25, 0.3) is 27.3 Å². The number of pyridine rings is 2. The molecular weight excluding hydrogens is 208 g/mol. The van der Waals surface area contributed by atoms with Crippen LogP contribution in [-0.4, -0.2) is 9.38 Å². The first kappa shape index (κ1) is 8.76. The second-order valence-electron chi connectivity index (χ2n) is 4.24. The highest BCUT2D eigenvalue weighted by molar-refractivity contribution is 6.00. The maximum absolute atomic E-state index is 4.74. The van der Waals surface area contributed by atoms with Gasteiger partial charge in [-0.1, -0.05) is 24.3 Å². The summed E-state index contributed by atoms with van der Waals surface area (Å²) in [7, 11) is 0. The lowest BCUT2D eigenvalue weighted by atomic mass is 10.2. The molecule has 0 spiro atoms. The zero-order valence-electron chi connectivity index (χ0n) is 9.17. The highest BCUT2D eigenvalue weighted by atomic mass is 14.9. The Bertz CT molecular complexity index is 837. The van der Waals surface area contributed by atoms with E-state index in [1.165, 1.54) is 10.8 Å². The third-order valence-electron chi connectivity index (χ3n) is 3.16. The van der Waals surface area contributed by atoms with Gasteiger partial charge >= 0.3 is 0 Å². The maximum atomic E-state index is 4.74. The monoisotopic (exact) mass is 218 g/mol. The van der Waals surface area contributed by atoms with Gasteiger partial charge < -0.3 is 4.40 Å². The summed E-state index contributed by atoms with van der Waals surface area (Å²) < 4.78 is 2.12. The molecule has 0 fully saturated rings. The lowest BCUT2D eigenvalue weighted by Gasteiger charge is -1.97. The largest absolute Gasteiger partial charge is 0.321 e. The summed E-state index contributed by atoms with van der Waals surface area (Å²) in [5.41, 5.74) is 3.29. The van der Waals surface area contributed by atoms with Crippen molar-refractivity contribution >= 4 is 27.3 Å². The van der Waals surface area contributed by atoms with Crippen LogP contribution >= 0.6 is 0 Å². The number of aromatic nitrogens is 2. The van der Waals surface area contributed by atoms with Gasteiger partial charge in [-0.25, -0.2) is 4.98 Å². The fourth-order valence-electron chi connectivity index (χ4n) is 2.35. The molecule has 80 valence electrons. The molecule has 0 saturated carbocycles. The molecule has 0 atom stereocenters. The third-order valence-corrected chi connectivity index (χ3v) is 3.16. The number of nitrogens with zero attached hydrogens (tertiary/aromatic N) is 2.